The normalized spacial score (nSPS) is 14.6. The number of nitrogens with one attached hydrogen (secondary N) is 1. The van der Waals surface area contributed by atoms with Crippen LogP contribution in [0.4, 0.5) is 0 Å². The van der Waals surface area contributed by atoms with Crippen molar-refractivity contribution < 1.29 is 14.3 Å². The minimum Gasteiger partial charge on any atom is -0.378 e. The number of hydrogen-bond donors (Lipinski definition) is 1. The molecule has 1 heterocycles. The number of carbonyl (C=O) groups is 2. The van der Waals surface area contributed by atoms with Gasteiger partial charge in [-0.2, -0.15) is 0 Å². The van der Waals surface area contributed by atoms with Gasteiger partial charge in [0.25, 0.3) is 11.8 Å². The van der Waals surface area contributed by atoms with E-state index in [9.17, 15) is 9.59 Å². The molecule has 3 aromatic rings. The summed E-state index contributed by atoms with van der Waals surface area (Å²) in [5, 5.41) is 4.94. The van der Waals surface area contributed by atoms with Gasteiger partial charge in [0.1, 0.15) is 5.70 Å². The maximum Gasteiger partial charge on any atom is 0.270 e. The van der Waals surface area contributed by atoms with Gasteiger partial charge in [-0.25, -0.2) is 0 Å². The zero-order valence-electron chi connectivity index (χ0n) is 16.0. The van der Waals surface area contributed by atoms with E-state index >= 15 is 0 Å². The number of morpholine rings is 1. The van der Waals surface area contributed by atoms with Crippen LogP contribution in [0.5, 0.6) is 0 Å². The van der Waals surface area contributed by atoms with Crippen LogP contribution in [0.1, 0.15) is 15.9 Å². The molecular formula is C24H22N2O3. The highest BCUT2D eigenvalue weighted by atomic mass is 16.5. The van der Waals surface area contributed by atoms with E-state index in [0.29, 0.717) is 31.9 Å². The lowest BCUT2D eigenvalue weighted by Gasteiger charge is -2.28. The summed E-state index contributed by atoms with van der Waals surface area (Å²) in [7, 11) is 0. The molecule has 5 heteroatoms. The van der Waals surface area contributed by atoms with Gasteiger partial charge < -0.3 is 15.0 Å². The maximum atomic E-state index is 13.2. The summed E-state index contributed by atoms with van der Waals surface area (Å²) in [4.78, 5) is 27.7. The number of carbonyl (C=O) groups excluding carboxylic acids is 2. The second kappa shape index (κ2) is 8.71. The molecule has 146 valence electrons. The van der Waals surface area contributed by atoms with Gasteiger partial charge in [-0.1, -0.05) is 60.7 Å². The van der Waals surface area contributed by atoms with Crippen LogP contribution in [-0.4, -0.2) is 43.0 Å². The minimum absolute atomic E-state index is 0.203. The molecule has 29 heavy (non-hydrogen) atoms. The van der Waals surface area contributed by atoms with Crippen LogP contribution in [0.15, 0.2) is 78.5 Å². The molecule has 0 radical (unpaired) electrons. The van der Waals surface area contributed by atoms with Gasteiger partial charge in [0.2, 0.25) is 0 Å². The third-order valence-corrected chi connectivity index (χ3v) is 4.94. The van der Waals surface area contributed by atoms with Crippen LogP contribution in [0.3, 0.4) is 0 Å². The Bertz CT molecular complexity index is 1050. The first kappa shape index (κ1) is 18.9. The highest BCUT2D eigenvalue weighted by Gasteiger charge is 2.22. The van der Waals surface area contributed by atoms with E-state index in [0.717, 1.165) is 16.3 Å². The predicted molar refractivity (Wildman–Crippen MR) is 113 cm³/mol. The lowest BCUT2D eigenvalue weighted by atomic mass is 10.0. The van der Waals surface area contributed by atoms with E-state index in [2.05, 4.69) is 5.32 Å². The average molecular weight is 386 g/mol. The van der Waals surface area contributed by atoms with Gasteiger partial charge in [-0.05, 0) is 34.5 Å². The van der Waals surface area contributed by atoms with E-state index in [1.54, 1.807) is 35.2 Å². The first-order chi connectivity index (χ1) is 14.2. The lowest BCUT2D eigenvalue weighted by molar-refractivity contribution is -0.131. The fraction of sp³-hybridized carbons (Fsp3) is 0.167. The van der Waals surface area contributed by atoms with Gasteiger partial charge in [-0.15, -0.1) is 0 Å². The Morgan fingerprint density at radius 1 is 0.862 bits per heavy atom. The first-order valence-electron chi connectivity index (χ1n) is 9.65. The van der Waals surface area contributed by atoms with Crippen LogP contribution >= 0.6 is 0 Å². The van der Waals surface area contributed by atoms with Crippen molar-refractivity contribution in [2.24, 2.45) is 0 Å². The van der Waals surface area contributed by atoms with Gasteiger partial charge in [-0.3, -0.25) is 9.59 Å². The Balaban J connectivity index is 1.71. The minimum atomic E-state index is -0.307. The summed E-state index contributed by atoms with van der Waals surface area (Å²) in [5.41, 5.74) is 1.65. The Morgan fingerprint density at radius 2 is 1.55 bits per heavy atom. The van der Waals surface area contributed by atoms with Crippen LogP contribution < -0.4 is 5.32 Å². The fourth-order valence-electron chi connectivity index (χ4n) is 3.40. The number of benzene rings is 3. The highest BCUT2D eigenvalue weighted by Crippen LogP contribution is 2.21. The van der Waals surface area contributed by atoms with Crippen molar-refractivity contribution >= 4 is 28.7 Å². The number of rotatable bonds is 4. The van der Waals surface area contributed by atoms with E-state index in [1.807, 2.05) is 48.5 Å². The Labute approximate surface area is 169 Å². The molecule has 0 spiro atoms. The molecule has 1 saturated heterocycles. The standard InChI is InChI=1S/C24H22N2O3/c27-23(19-8-2-1-3-9-19)25-22(24(28)26-13-15-29-16-14-26)17-20-11-6-10-18-7-4-5-12-21(18)20/h1-12,17H,13-16H2,(H,25,27). The van der Waals surface area contributed by atoms with Crippen molar-refractivity contribution in [1.82, 2.24) is 10.2 Å². The summed E-state index contributed by atoms with van der Waals surface area (Å²) in [6, 6.07) is 22.8. The molecule has 2 amide bonds. The highest BCUT2D eigenvalue weighted by molar-refractivity contribution is 6.06. The third kappa shape index (κ3) is 4.36. The van der Waals surface area contributed by atoms with Crippen molar-refractivity contribution in [3.8, 4) is 0 Å². The molecule has 3 aromatic carbocycles. The molecule has 1 N–H and O–H groups in total. The van der Waals surface area contributed by atoms with Gasteiger partial charge in [0.15, 0.2) is 0 Å². The predicted octanol–water partition coefficient (Wildman–Crippen LogP) is 3.47. The molecule has 0 aliphatic carbocycles. The summed E-state index contributed by atoms with van der Waals surface area (Å²) in [6.45, 7) is 2.01. The molecule has 0 atom stereocenters. The van der Waals surface area contributed by atoms with E-state index in [1.165, 1.54) is 0 Å². The van der Waals surface area contributed by atoms with Crippen molar-refractivity contribution in [3.63, 3.8) is 0 Å². The van der Waals surface area contributed by atoms with E-state index in [-0.39, 0.29) is 17.5 Å². The fourth-order valence-corrected chi connectivity index (χ4v) is 3.40. The molecule has 1 fully saturated rings. The summed E-state index contributed by atoms with van der Waals surface area (Å²) in [5.74, 6) is -0.510. The smallest absolute Gasteiger partial charge is 0.270 e. The molecule has 1 aliphatic rings. The Hall–Kier alpha value is -3.44. The first-order valence-corrected chi connectivity index (χ1v) is 9.65. The number of nitrogens with zero attached hydrogens (tertiary/aromatic N) is 1. The Kier molecular flexibility index (Phi) is 5.68. The number of fused-ring (bicyclic) bond motifs is 1. The van der Waals surface area contributed by atoms with Crippen LogP contribution in [0, 0.1) is 0 Å². The molecule has 0 aromatic heterocycles. The van der Waals surface area contributed by atoms with Crippen LogP contribution in [0.25, 0.3) is 16.8 Å². The molecular weight excluding hydrogens is 364 g/mol. The van der Waals surface area contributed by atoms with E-state index < -0.39 is 0 Å². The van der Waals surface area contributed by atoms with Crippen molar-refractivity contribution in [2.75, 3.05) is 26.3 Å². The topological polar surface area (TPSA) is 58.6 Å². The lowest BCUT2D eigenvalue weighted by Crippen LogP contribution is -2.44. The molecule has 0 unspecified atom stereocenters. The van der Waals surface area contributed by atoms with Gasteiger partial charge in [0.05, 0.1) is 13.2 Å². The van der Waals surface area contributed by atoms with Gasteiger partial charge >= 0.3 is 0 Å². The maximum absolute atomic E-state index is 13.2. The molecule has 0 saturated carbocycles. The zero-order valence-corrected chi connectivity index (χ0v) is 16.0. The zero-order chi connectivity index (χ0) is 20.1. The quantitative estimate of drug-likeness (QED) is 0.699. The number of amides is 2. The summed E-state index contributed by atoms with van der Waals surface area (Å²) in [6.07, 6.45) is 1.76. The second-order valence-electron chi connectivity index (χ2n) is 6.85. The molecule has 4 rings (SSSR count). The van der Waals surface area contributed by atoms with Crippen molar-refractivity contribution in [3.05, 3.63) is 89.6 Å². The molecule has 0 bridgehead atoms. The molecule has 5 nitrogen and oxygen atoms in total. The van der Waals surface area contributed by atoms with Crippen molar-refractivity contribution in [1.29, 1.82) is 0 Å². The Morgan fingerprint density at radius 3 is 2.34 bits per heavy atom. The second-order valence-corrected chi connectivity index (χ2v) is 6.85. The van der Waals surface area contributed by atoms with E-state index in [4.69, 9.17) is 4.74 Å². The third-order valence-electron chi connectivity index (χ3n) is 4.94. The van der Waals surface area contributed by atoms with Crippen molar-refractivity contribution in [2.45, 2.75) is 0 Å². The summed E-state index contributed by atoms with van der Waals surface area (Å²) >= 11 is 0. The molecule has 1 aliphatic heterocycles. The number of hydrogen-bond acceptors (Lipinski definition) is 3. The van der Waals surface area contributed by atoms with Gasteiger partial charge in [0, 0.05) is 18.7 Å². The summed E-state index contributed by atoms with van der Waals surface area (Å²) < 4.78 is 5.36. The van der Waals surface area contributed by atoms with Crippen LogP contribution in [-0.2, 0) is 9.53 Å². The van der Waals surface area contributed by atoms with Crippen LogP contribution in [0.2, 0.25) is 0 Å². The average Bonchev–Trinajstić information content (AvgIpc) is 2.79. The largest absolute Gasteiger partial charge is 0.378 e. The SMILES string of the molecule is O=C(NC(=Cc1cccc2ccccc12)C(=O)N1CCOCC1)c1ccccc1. The monoisotopic (exact) mass is 386 g/mol. The number of ether oxygens (including phenoxy) is 1.